The maximum Gasteiger partial charge on any atom is 0.193 e. The van der Waals surface area contributed by atoms with Crippen molar-refractivity contribution in [3.63, 3.8) is 0 Å². The molecule has 26 heavy (non-hydrogen) atoms. The fraction of sp³-hybridized carbons (Fsp3) is 0.250. The van der Waals surface area contributed by atoms with Crippen LogP contribution in [0, 0.1) is 0 Å². The minimum absolute atomic E-state index is 0.0309. The number of phenolic OH excluding ortho intramolecular Hbond substituents is 1. The van der Waals surface area contributed by atoms with Crippen LogP contribution < -0.4 is 10.7 Å². The molecule has 0 saturated carbocycles. The molecule has 0 atom stereocenters. The number of benzene rings is 2. The lowest BCUT2D eigenvalue weighted by Crippen LogP contribution is -2.48. The van der Waals surface area contributed by atoms with Gasteiger partial charge >= 0.3 is 0 Å². The van der Waals surface area contributed by atoms with Gasteiger partial charge in [0.2, 0.25) is 0 Å². The average Bonchev–Trinajstić information content (AvgIpc) is 2.67. The van der Waals surface area contributed by atoms with Crippen LogP contribution >= 0.6 is 0 Å². The maximum atomic E-state index is 12.5. The van der Waals surface area contributed by atoms with Gasteiger partial charge in [0.05, 0.1) is 24.1 Å². The topological polar surface area (TPSA) is 103 Å². The summed E-state index contributed by atoms with van der Waals surface area (Å²) in [6, 6.07) is 13.7. The Morgan fingerprint density at radius 1 is 1.08 bits per heavy atom. The molecule has 2 aromatic carbocycles. The lowest BCUT2D eigenvalue weighted by atomic mass is 10.0. The normalized spacial score (nSPS) is 11.8. The van der Waals surface area contributed by atoms with Crippen LogP contribution in [0.15, 0.2) is 57.7 Å². The molecule has 136 valence electrons. The molecule has 0 spiro atoms. The third-order valence-electron chi connectivity index (χ3n) is 4.39. The van der Waals surface area contributed by atoms with Crippen LogP contribution in [0.25, 0.3) is 22.3 Å². The highest BCUT2D eigenvalue weighted by Crippen LogP contribution is 2.27. The Kier molecular flexibility index (Phi) is 5.08. The van der Waals surface area contributed by atoms with Crippen LogP contribution in [0.1, 0.15) is 12.5 Å². The molecule has 0 amide bonds. The molecule has 0 aliphatic heterocycles. The van der Waals surface area contributed by atoms with Gasteiger partial charge in [-0.1, -0.05) is 30.3 Å². The van der Waals surface area contributed by atoms with Crippen molar-refractivity contribution in [3.05, 3.63) is 64.3 Å². The first-order valence-electron chi connectivity index (χ1n) is 8.28. The first-order chi connectivity index (χ1) is 12.5. The van der Waals surface area contributed by atoms with Gasteiger partial charge < -0.3 is 25.1 Å². The second kappa shape index (κ2) is 7.29. The molecule has 3 aromatic rings. The zero-order valence-electron chi connectivity index (χ0n) is 14.4. The highest BCUT2D eigenvalue weighted by atomic mass is 16.3. The predicted molar refractivity (Wildman–Crippen MR) is 99.0 cm³/mol. The van der Waals surface area contributed by atoms with Crippen molar-refractivity contribution in [2.75, 3.05) is 13.2 Å². The SMILES string of the molecule is CC(CO)(CO)NCc1cc2c(=O)cc(-c3ccccc3)oc2cc1O. The van der Waals surface area contributed by atoms with Gasteiger partial charge in [-0.25, -0.2) is 0 Å². The van der Waals surface area contributed by atoms with Crippen LogP contribution in [0.5, 0.6) is 5.75 Å². The Labute approximate surface area is 150 Å². The summed E-state index contributed by atoms with van der Waals surface area (Å²) in [5.41, 5.74) is 0.454. The van der Waals surface area contributed by atoms with Crippen LogP contribution in [0.2, 0.25) is 0 Å². The van der Waals surface area contributed by atoms with Gasteiger partial charge in [-0.3, -0.25) is 4.79 Å². The third kappa shape index (κ3) is 3.62. The summed E-state index contributed by atoms with van der Waals surface area (Å²) in [5, 5.41) is 32.3. The van der Waals surface area contributed by atoms with E-state index in [2.05, 4.69) is 5.32 Å². The lowest BCUT2D eigenvalue weighted by Gasteiger charge is -2.26. The molecule has 6 nitrogen and oxygen atoms in total. The molecule has 0 fully saturated rings. The van der Waals surface area contributed by atoms with E-state index in [9.17, 15) is 20.1 Å². The fourth-order valence-corrected chi connectivity index (χ4v) is 2.59. The molecule has 3 rings (SSSR count). The lowest BCUT2D eigenvalue weighted by molar-refractivity contribution is 0.103. The first-order valence-corrected chi connectivity index (χ1v) is 8.28. The number of rotatable bonds is 6. The monoisotopic (exact) mass is 355 g/mol. The van der Waals surface area contributed by atoms with Crippen molar-refractivity contribution in [1.29, 1.82) is 0 Å². The zero-order valence-corrected chi connectivity index (χ0v) is 14.4. The molecule has 0 unspecified atom stereocenters. The second-order valence-electron chi connectivity index (χ2n) is 6.55. The van der Waals surface area contributed by atoms with Gasteiger partial charge in [-0.05, 0) is 13.0 Å². The van der Waals surface area contributed by atoms with E-state index in [1.165, 1.54) is 12.1 Å². The van der Waals surface area contributed by atoms with E-state index in [0.29, 0.717) is 22.3 Å². The van der Waals surface area contributed by atoms with Crippen LogP contribution in [0.4, 0.5) is 0 Å². The number of nitrogens with one attached hydrogen (secondary N) is 1. The minimum Gasteiger partial charge on any atom is -0.507 e. The molecular formula is C20H21NO5. The zero-order chi connectivity index (χ0) is 18.7. The largest absolute Gasteiger partial charge is 0.507 e. The van der Waals surface area contributed by atoms with Crippen molar-refractivity contribution < 1.29 is 19.7 Å². The molecule has 0 radical (unpaired) electrons. The number of hydrogen-bond acceptors (Lipinski definition) is 6. The molecular weight excluding hydrogens is 334 g/mol. The maximum absolute atomic E-state index is 12.5. The van der Waals surface area contributed by atoms with E-state index in [1.54, 1.807) is 13.0 Å². The molecule has 0 bridgehead atoms. The molecule has 0 aliphatic rings. The summed E-state index contributed by atoms with van der Waals surface area (Å²) < 4.78 is 5.79. The Balaban J connectivity index is 1.99. The van der Waals surface area contributed by atoms with E-state index < -0.39 is 5.54 Å². The highest BCUT2D eigenvalue weighted by molar-refractivity contribution is 5.81. The van der Waals surface area contributed by atoms with Crippen molar-refractivity contribution in [3.8, 4) is 17.1 Å². The van der Waals surface area contributed by atoms with Gasteiger partial charge in [-0.2, -0.15) is 0 Å². The second-order valence-corrected chi connectivity index (χ2v) is 6.55. The highest BCUT2D eigenvalue weighted by Gasteiger charge is 2.22. The predicted octanol–water partition coefficient (Wildman–Crippen LogP) is 2.00. The number of aliphatic hydroxyl groups excluding tert-OH is 2. The molecule has 4 N–H and O–H groups in total. The Bertz CT molecular complexity index is 961. The van der Waals surface area contributed by atoms with Crippen LogP contribution in [0.3, 0.4) is 0 Å². The van der Waals surface area contributed by atoms with Gasteiger partial charge in [0, 0.05) is 29.8 Å². The van der Waals surface area contributed by atoms with E-state index in [1.807, 2.05) is 30.3 Å². The van der Waals surface area contributed by atoms with E-state index in [0.717, 1.165) is 5.56 Å². The number of aromatic hydroxyl groups is 1. The van der Waals surface area contributed by atoms with Gasteiger partial charge in [0.15, 0.2) is 5.43 Å². The summed E-state index contributed by atoms with van der Waals surface area (Å²) in [6.07, 6.45) is 0. The van der Waals surface area contributed by atoms with Crippen LogP contribution in [-0.2, 0) is 6.54 Å². The molecule has 0 aliphatic carbocycles. The average molecular weight is 355 g/mol. The number of phenols is 1. The van der Waals surface area contributed by atoms with E-state index >= 15 is 0 Å². The Hall–Kier alpha value is -2.67. The molecule has 0 saturated heterocycles. The Morgan fingerprint density at radius 3 is 2.42 bits per heavy atom. The summed E-state index contributed by atoms with van der Waals surface area (Å²) in [7, 11) is 0. The molecule has 1 heterocycles. The van der Waals surface area contributed by atoms with E-state index in [-0.39, 0.29) is 30.9 Å². The molecule has 6 heteroatoms. The first kappa shape index (κ1) is 18.1. The summed E-state index contributed by atoms with van der Waals surface area (Å²) in [4.78, 5) is 12.5. The number of hydrogen-bond donors (Lipinski definition) is 4. The molecule has 1 aromatic heterocycles. The minimum atomic E-state index is -0.886. The quantitative estimate of drug-likeness (QED) is 0.539. The number of aliphatic hydroxyl groups is 2. The Morgan fingerprint density at radius 2 is 1.77 bits per heavy atom. The van der Waals surface area contributed by atoms with Crippen molar-refractivity contribution in [1.82, 2.24) is 5.32 Å². The fourth-order valence-electron chi connectivity index (χ4n) is 2.59. The summed E-state index contributed by atoms with van der Waals surface area (Å²) in [6.45, 7) is 1.31. The van der Waals surface area contributed by atoms with Gasteiger partial charge in [-0.15, -0.1) is 0 Å². The van der Waals surface area contributed by atoms with Gasteiger partial charge in [0.1, 0.15) is 17.1 Å². The van der Waals surface area contributed by atoms with Gasteiger partial charge in [0.25, 0.3) is 0 Å². The van der Waals surface area contributed by atoms with Crippen molar-refractivity contribution in [2.45, 2.75) is 19.0 Å². The number of fused-ring (bicyclic) bond motifs is 1. The summed E-state index contributed by atoms with van der Waals surface area (Å²) >= 11 is 0. The standard InChI is InChI=1S/C20H21NO5/c1-20(11-22,12-23)21-10-14-7-15-17(25)9-18(13-5-3-2-4-6-13)26-19(15)8-16(14)24/h2-9,21-24H,10-12H2,1H3. The third-order valence-corrected chi connectivity index (χ3v) is 4.39. The van der Waals surface area contributed by atoms with Crippen molar-refractivity contribution >= 4 is 11.0 Å². The van der Waals surface area contributed by atoms with Crippen molar-refractivity contribution in [2.24, 2.45) is 0 Å². The smallest absolute Gasteiger partial charge is 0.193 e. The summed E-state index contributed by atoms with van der Waals surface area (Å²) in [5.74, 6) is 0.401. The van der Waals surface area contributed by atoms with Crippen LogP contribution in [-0.4, -0.2) is 34.1 Å². The van der Waals surface area contributed by atoms with E-state index in [4.69, 9.17) is 4.42 Å².